The smallest absolute Gasteiger partial charge is 0.312 e. The first-order valence-corrected chi connectivity index (χ1v) is 6.27. The lowest BCUT2D eigenvalue weighted by atomic mass is 10.2. The lowest BCUT2D eigenvalue weighted by Crippen LogP contribution is -1.92. The second kappa shape index (κ2) is 5.80. The molecule has 0 amide bonds. The van der Waals surface area contributed by atoms with E-state index in [0.717, 1.165) is 11.6 Å². The predicted octanol–water partition coefficient (Wildman–Crippen LogP) is 3.72. The lowest BCUT2D eigenvalue weighted by molar-refractivity contribution is -0.385. The van der Waals surface area contributed by atoms with E-state index >= 15 is 0 Å². The first kappa shape index (κ1) is 14.8. The Balaban J connectivity index is 2.43. The maximum absolute atomic E-state index is 10.8. The molecule has 0 bridgehead atoms. The van der Waals surface area contributed by atoms with Gasteiger partial charge in [0.1, 0.15) is 11.4 Å². The monoisotopic (exact) mass is 306 g/mol. The number of nitro groups is 1. The highest BCUT2D eigenvalue weighted by molar-refractivity contribution is 6.31. The molecular formula is C14H11ClN2O4. The number of aliphatic imine (C=N–C) groups is 1. The summed E-state index contributed by atoms with van der Waals surface area (Å²) in [5, 5.41) is 30.4. The van der Waals surface area contributed by atoms with Crippen LogP contribution in [0.25, 0.3) is 0 Å². The molecule has 0 aliphatic rings. The van der Waals surface area contributed by atoms with Gasteiger partial charge in [-0.25, -0.2) is 0 Å². The summed E-state index contributed by atoms with van der Waals surface area (Å²) in [6.45, 7) is 1.82. The molecule has 0 saturated heterocycles. The molecule has 0 aliphatic heterocycles. The number of rotatable bonds is 3. The van der Waals surface area contributed by atoms with E-state index in [-0.39, 0.29) is 22.0 Å². The number of hydrogen-bond donors (Lipinski definition) is 2. The van der Waals surface area contributed by atoms with Gasteiger partial charge in [-0.05, 0) is 30.7 Å². The zero-order chi connectivity index (χ0) is 15.6. The summed E-state index contributed by atoms with van der Waals surface area (Å²) < 4.78 is 0. The van der Waals surface area contributed by atoms with Crippen molar-refractivity contribution < 1.29 is 15.1 Å². The number of benzene rings is 2. The molecule has 0 spiro atoms. The Hall–Kier alpha value is -2.60. The fourth-order valence-electron chi connectivity index (χ4n) is 1.72. The molecule has 0 fully saturated rings. The number of aryl methyl sites for hydroxylation is 1. The Morgan fingerprint density at radius 2 is 2.00 bits per heavy atom. The zero-order valence-electron chi connectivity index (χ0n) is 10.9. The minimum Gasteiger partial charge on any atom is -0.506 e. The first-order valence-electron chi connectivity index (χ1n) is 5.89. The van der Waals surface area contributed by atoms with Crippen LogP contribution in [0.1, 0.15) is 11.1 Å². The van der Waals surface area contributed by atoms with Gasteiger partial charge in [0.15, 0.2) is 0 Å². The predicted molar refractivity (Wildman–Crippen MR) is 79.9 cm³/mol. The summed E-state index contributed by atoms with van der Waals surface area (Å²) in [6.07, 6.45) is 1.21. The van der Waals surface area contributed by atoms with Crippen LogP contribution in [-0.4, -0.2) is 21.4 Å². The maximum Gasteiger partial charge on any atom is 0.312 e. The Labute approximate surface area is 125 Å². The Bertz CT molecular complexity index is 744. The molecule has 6 nitrogen and oxygen atoms in total. The minimum absolute atomic E-state index is 0.0257. The van der Waals surface area contributed by atoms with Crippen molar-refractivity contribution in [2.24, 2.45) is 4.99 Å². The summed E-state index contributed by atoms with van der Waals surface area (Å²) in [5.74, 6) is -0.554. The molecular weight excluding hydrogens is 296 g/mol. The molecule has 2 aromatic carbocycles. The van der Waals surface area contributed by atoms with Gasteiger partial charge in [-0.1, -0.05) is 17.7 Å². The number of phenols is 2. The number of nitro benzene ring substituents is 1. The minimum atomic E-state index is -0.734. The molecule has 0 aliphatic carbocycles. The second-order valence-corrected chi connectivity index (χ2v) is 4.81. The fourth-order valence-corrected chi connectivity index (χ4v) is 1.95. The van der Waals surface area contributed by atoms with Gasteiger partial charge in [0.05, 0.1) is 4.92 Å². The fraction of sp³-hybridized carbons (Fsp3) is 0.0714. The third kappa shape index (κ3) is 3.29. The highest BCUT2D eigenvalue weighted by Crippen LogP contribution is 2.33. The van der Waals surface area contributed by atoms with Crippen LogP contribution in [0.3, 0.4) is 0 Å². The van der Waals surface area contributed by atoms with Crippen LogP contribution in [-0.2, 0) is 0 Å². The van der Waals surface area contributed by atoms with Gasteiger partial charge in [0.2, 0.25) is 5.75 Å². The molecule has 21 heavy (non-hydrogen) atoms. The molecule has 0 aromatic heterocycles. The first-order chi connectivity index (χ1) is 9.88. The molecule has 0 atom stereocenters. The number of aromatic hydroxyl groups is 2. The molecule has 7 heteroatoms. The topological polar surface area (TPSA) is 96.0 Å². The van der Waals surface area contributed by atoms with Crippen molar-refractivity contribution in [1.82, 2.24) is 0 Å². The van der Waals surface area contributed by atoms with Crippen molar-refractivity contribution in [3.05, 3.63) is 56.6 Å². The lowest BCUT2D eigenvalue weighted by Gasteiger charge is -2.02. The quantitative estimate of drug-likeness (QED) is 0.513. The number of phenolic OH excluding ortho intramolecular Hbond substituents is 2. The van der Waals surface area contributed by atoms with Crippen molar-refractivity contribution in [1.29, 1.82) is 0 Å². The summed E-state index contributed by atoms with van der Waals surface area (Å²) in [4.78, 5) is 14.1. The van der Waals surface area contributed by atoms with Crippen molar-refractivity contribution >= 4 is 29.2 Å². The number of halogens is 1. The van der Waals surface area contributed by atoms with E-state index in [2.05, 4.69) is 4.99 Å². The normalized spacial score (nSPS) is 11.0. The van der Waals surface area contributed by atoms with Crippen LogP contribution in [0, 0.1) is 17.0 Å². The zero-order valence-corrected chi connectivity index (χ0v) is 11.7. The number of nitrogens with zero attached hydrogens (tertiary/aromatic N) is 2. The van der Waals surface area contributed by atoms with Crippen LogP contribution in [0.4, 0.5) is 11.4 Å². The highest BCUT2D eigenvalue weighted by Gasteiger charge is 2.17. The van der Waals surface area contributed by atoms with E-state index in [9.17, 15) is 20.3 Å². The summed E-state index contributed by atoms with van der Waals surface area (Å²) >= 11 is 5.77. The van der Waals surface area contributed by atoms with E-state index in [4.69, 9.17) is 11.6 Å². The highest BCUT2D eigenvalue weighted by atomic mass is 35.5. The third-order valence-corrected chi connectivity index (χ3v) is 2.97. The van der Waals surface area contributed by atoms with E-state index in [0.29, 0.717) is 0 Å². The molecule has 2 N–H and O–H groups in total. The van der Waals surface area contributed by atoms with E-state index < -0.39 is 16.4 Å². The average Bonchev–Trinajstić information content (AvgIpc) is 2.40. The summed E-state index contributed by atoms with van der Waals surface area (Å²) in [7, 11) is 0. The molecule has 0 heterocycles. The molecule has 2 aromatic rings. The van der Waals surface area contributed by atoms with Crippen LogP contribution in [0.2, 0.25) is 5.02 Å². The standard InChI is InChI=1S/C14H11ClN2O4/c1-8-2-3-11(13(18)4-8)16-7-9-5-10(15)6-12(14(9)19)17(20)21/h2-7,18-19H,1H3. The van der Waals surface area contributed by atoms with Gasteiger partial charge in [0.25, 0.3) is 0 Å². The second-order valence-electron chi connectivity index (χ2n) is 4.37. The van der Waals surface area contributed by atoms with Crippen molar-refractivity contribution in [2.45, 2.75) is 6.92 Å². The molecule has 108 valence electrons. The largest absolute Gasteiger partial charge is 0.506 e. The van der Waals surface area contributed by atoms with Crippen LogP contribution in [0.15, 0.2) is 35.3 Å². The van der Waals surface area contributed by atoms with E-state index in [1.165, 1.54) is 18.3 Å². The third-order valence-electron chi connectivity index (χ3n) is 2.75. The Morgan fingerprint density at radius 3 is 2.62 bits per heavy atom. The summed E-state index contributed by atoms with van der Waals surface area (Å²) in [6, 6.07) is 7.28. The van der Waals surface area contributed by atoms with Crippen LogP contribution < -0.4 is 0 Å². The SMILES string of the molecule is Cc1ccc(N=Cc2cc(Cl)cc([N+](=O)[O-])c2O)c(O)c1. The summed E-state index contributed by atoms with van der Waals surface area (Å²) in [5.41, 5.74) is 0.738. The molecule has 0 unspecified atom stereocenters. The van der Waals surface area contributed by atoms with Crippen molar-refractivity contribution in [3.8, 4) is 11.5 Å². The average molecular weight is 307 g/mol. The van der Waals surface area contributed by atoms with Gasteiger partial charge in [-0.3, -0.25) is 15.1 Å². The Kier molecular flexibility index (Phi) is 4.09. The number of hydrogen-bond acceptors (Lipinski definition) is 5. The van der Waals surface area contributed by atoms with Gasteiger partial charge >= 0.3 is 5.69 Å². The van der Waals surface area contributed by atoms with Crippen molar-refractivity contribution in [2.75, 3.05) is 0 Å². The Morgan fingerprint density at radius 1 is 1.29 bits per heavy atom. The van der Waals surface area contributed by atoms with Gasteiger partial charge < -0.3 is 10.2 Å². The van der Waals surface area contributed by atoms with Gasteiger partial charge in [-0.15, -0.1) is 0 Å². The van der Waals surface area contributed by atoms with E-state index in [1.54, 1.807) is 12.1 Å². The molecule has 0 saturated carbocycles. The molecule has 0 radical (unpaired) electrons. The molecule has 2 rings (SSSR count). The van der Waals surface area contributed by atoms with Gasteiger partial charge in [-0.2, -0.15) is 0 Å². The van der Waals surface area contributed by atoms with E-state index in [1.807, 2.05) is 6.92 Å². The van der Waals surface area contributed by atoms with Gasteiger partial charge in [0, 0.05) is 22.9 Å². The van der Waals surface area contributed by atoms with Crippen LogP contribution in [0.5, 0.6) is 11.5 Å². The maximum atomic E-state index is 10.8. The van der Waals surface area contributed by atoms with Crippen molar-refractivity contribution in [3.63, 3.8) is 0 Å². The van der Waals surface area contributed by atoms with Crippen LogP contribution >= 0.6 is 11.6 Å².